The van der Waals surface area contributed by atoms with E-state index in [2.05, 4.69) is 201 Å². The van der Waals surface area contributed by atoms with E-state index in [4.69, 9.17) is 14.4 Å². The molecule has 0 saturated carbocycles. The maximum atomic E-state index is 6.57. The third-order valence-electron chi connectivity index (χ3n) is 13.7. The van der Waals surface area contributed by atoms with Gasteiger partial charge < -0.3 is 9.73 Å². The predicted octanol–water partition coefficient (Wildman–Crippen LogP) is 15.2. The lowest BCUT2D eigenvalue weighted by Crippen LogP contribution is -2.33. The van der Waals surface area contributed by atoms with E-state index in [9.17, 15) is 0 Å². The first-order valence-electron chi connectivity index (χ1n) is 22.1. The van der Waals surface area contributed by atoms with Crippen LogP contribution in [0.15, 0.2) is 215 Å². The summed E-state index contributed by atoms with van der Waals surface area (Å²) in [6.07, 6.45) is -0.334. The lowest BCUT2D eigenvalue weighted by Gasteiger charge is -2.25. The van der Waals surface area contributed by atoms with Crippen molar-refractivity contribution in [3.05, 3.63) is 228 Å². The second-order valence-corrected chi connectivity index (χ2v) is 17.7. The van der Waals surface area contributed by atoms with Gasteiger partial charge in [-0.05, 0) is 119 Å². The molecule has 64 heavy (non-hydrogen) atoms. The molecule has 11 aromatic rings. The van der Waals surface area contributed by atoms with Gasteiger partial charge in [0.15, 0.2) is 5.84 Å². The fraction of sp³-hybridized carbons (Fsp3) is 0.0667. The quantitative estimate of drug-likeness (QED) is 0.176. The molecule has 0 fully saturated rings. The normalized spacial score (nSPS) is 15.3. The highest BCUT2D eigenvalue weighted by molar-refractivity contribution is 6.26. The first kappa shape index (κ1) is 36.6. The molecule has 302 valence electrons. The van der Waals surface area contributed by atoms with Crippen molar-refractivity contribution in [2.75, 3.05) is 0 Å². The summed E-state index contributed by atoms with van der Waals surface area (Å²) in [4.78, 5) is 10.5. The Balaban J connectivity index is 0.907. The number of nitrogens with zero attached hydrogens (tertiary/aromatic N) is 2. The van der Waals surface area contributed by atoms with E-state index in [0.29, 0.717) is 5.84 Å². The summed E-state index contributed by atoms with van der Waals surface area (Å²) < 4.78 is 6.57. The monoisotopic (exact) mass is 819 g/mol. The van der Waals surface area contributed by atoms with E-state index in [1.165, 1.54) is 60.1 Å². The second-order valence-electron chi connectivity index (χ2n) is 17.7. The van der Waals surface area contributed by atoms with Gasteiger partial charge in [0.25, 0.3) is 0 Å². The van der Waals surface area contributed by atoms with Crippen LogP contribution in [0.5, 0.6) is 0 Å². The van der Waals surface area contributed by atoms with Crippen LogP contribution in [0.2, 0.25) is 0 Å². The van der Waals surface area contributed by atoms with Gasteiger partial charge in [-0.15, -0.1) is 0 Å². The van der Waals surface area contributed by atoms with Gasteiger partial charge in [0, 0.05) is 27.3 Å². The molecule has 1 N–H and O–H groups in total. The summed E-state index contributed by atoms with van der Waals surface area (Å²) in [6.45, 7) is 4.64. The number of benzene rings is 10. The van der Waals surface area contributed by atoms with E-state index in [1.54, 1.807) is 0 Å². The molecule has 0 bridgehead atoms. The van der Waals surface area contributed by atoms with Crippen LogP contribution in [0, 0.1) is 0 Å². The molecule has 2 aliphatic rings. The van der Waals surface area contributed by atoms with E-state index in [0.717, 1.165) is 61.2 Å². The van der Waals surface area contributed by atoms with Crippen LogP contribution >= 0.6 is 0 Å². The minimum atomic E-state index is -0.334. The lowest BCUT2D eigenvalue weighted by molar-refractivity contribution is 0.654. The Bertz CT molecular complexity index is 3760. The average Bonchev–Trinajstić information content (AvgIpc) is 3.85. The van der Waals surface area contributed by atoms with Crippen LogP contribution in [-0.4, -0.2) is 11.7 Å². The zero-order valence-electron chi connectivity index (χ0n) is 35.4. The summed E-state index contributed by atoms with van der Waals surface area (Å²) in [6, 6.07) is 72.0. The number of aliphatic imine (C=N–C) groups is 2. The molecule has 4 heteroatoms. The van der Waals surface area contributed by atoms with E-state index in [1.807, 2.05) is 18.2 Å². The van der Waals surface area contributed by atoms with Crippen LogP contribution in [0.1, 0.15) is 47.8 Å². The smallest absolute Gasteiger partial charge is 0.159 e. The number of hydrogen-bond donors (Lipinski definition) is 1. The van der Waals surface area contributed by atoms with E-state index >= 15 is 0 Å². The molecule has 13 rings (SSSR count). The summed E-state index contributed by atoms with van der Waals surface area (Å²) in [5.74, 6) is 1.49. The molecule has 1 unspecified atom stereocenters. The lowest BCUT2D eigenvalue weighted by atomic mass is 9.82. The zero-order chi connectivity index (χ0) is 42.5. The van der Waals surface area contributed by atoms with Gasteiger partial charge in [-0.25, -0.2) is 9.98 Å². The Hall–Kier alpha value is -8.08. The molecule has 1 aliphatic heterocycles. The maximum Gasteiger partial charge on any atom is 0.159 e. The van der Waals surface area contributed by atoms with Crippen LogP contribution in [0.4, 0.5) is 0 Å². The molecule has 2 heterocycles. The highest BCUT2D eigenvalue weighted by atomic mass is 16.3. The molecule has 4 nitrogen and oxygen atoms in total. The minimum Gasteiger partial charge on any atom is -0.456 e. The maximum absolute atomic E-state index is 6.57. The van der Waals surface area contributed by atoms with Gasteiger partial charge in [-0.2, -0.15) is 0 Å². The Morgan fingerprint density at radius 3 is 1.83 bits per heavy atom. The van der Waals surface area contributed by atoms with Gasteiger partial charge in [0.2, 0.25) is 0 Å². The number of nitrogens with one attached hydrogen (secondary N) is 1. The Kier molecular flexibility index (Phi) is 7.98. The molecule has 1 aromatic heterocycles. The number of hydrogen-bond acceptors (Lipinski definition) is 4. The van der Waals surface area contributed by atoms with Gasteiger partial charge in [-0.3, -0.25) is 0 Å². The molecule has 0 amide bonds. The molecule has 0 saturated heterocycles. The van der Waals surface area contributed by atoms with Gasteiger partial charge in [-0.1, -0.05) is 178 Å². The summed E-state index contributed by atoms with van der Waals surface area (Å²) in [7, 11) is 0. The van der Waals surface area contributed by atoms with Crippen molar-refractivity contribution in [3.8, 4) is 33.4 Å². The molecular formula is C60H41N3O. The standard InChI is InChI=1S/C60H41N3O/c1-60(2)52-24-11-10-22-48(52)50-35-41(27-30-53(50)60)59-62-57(36-14-4-3-5-15-36)61-58(63-59)40-17-12-16-39(32-40)42-23-13-25-55-56(42)51-34-38(28-31-54(51)64-55)37-26-29-47-45-20-7-6-18-43(45)44-19-8-9-21-46(44)49(47)33-37/h3-35,59H,1-2H3,(H,61,62,63). The van der Waals surface area contributed by atoms with Crippen LogP contribution < -0.4 is 5.32 Å². The van der Waals surface area contributed by atoms with Crippen LogP contribution in [0.25, 0.3) is 87.6 Å². The average molecular weight is 820 g/mol. The summed E-state index contributed by atoms with van der Waals surface area (Å²) in [5.41, 5.74) is 14.5. The summed E-state index contributed by atoms with van der Waals surface area (Å²) >= 11 is 0. The highest BCUT2D eigenvalue weighted by Crippen LogP contribution is 2.49. The van der Waals surface area contributed by atoms with Gasteiger partial charge in [0.05, 0.1) is 0 Å². The molecule has 1 aliphatic carbocycles. The molecule has 0 spiro atoms. The molecule has 10 aromatic carbocycles. The van der Waals surface area contributed by atoms with Crippen LogP contribution in [0.3, 0.4) is 0 Å². The van der Waals surface area contributed by atoms with Gasteiger partial charge in [0.1, 0.15) is 23.2 Å². The Morgan fingerprint density at radius 2 is 1.03 bits per heavy atom. The van der Waals surface area contributed by atoms with Crippen molar-refractivity contribution >= 4 is 65.9 Å². The summed E-state index contributed by atoms with van der Waals surface area (Å²) in [5, 5.41) is 13.6. The van der Waals surface area contributed by atoms with Crippen molar-refractivity contribution in [1.29, 1.82) is 0 Å². The second kappa shape index (κ2) is 14.0. The number of amidine groups is 2. The SMILES string of the molecule is CC1(C)c2ccccc2-c2cc(C3N=C(c4ccccc4)N=C(c4cccc(-c5cccc6oc7ccc(-c8ccc9c%10ccccc%10c%10ccccc%10c9c8)cc7c56)c4)N3)ccc21. The number of fused-ring (bicyclic) bond motifs is 12. The first-order valence-corrected chi connectivity index (χ1v) is 22.1. The van der Waals surface area contributed by atoms with Crippen molar-refractivity contribution in [2.24, 2.45) is 9.98 Å². The van der Waals surface area contributed by atoms with Crippen LogP contribution in [-0.2, 0) is 5.41 Å². The Labute approximate surface area is 370 Å². The zero-order valence-corrected chi connectivity index (χ0v) is 35.4. The predicted molar refractivity (Wildman–Crippen MR) is 267 cm³/mol. The van der Waals surface area contributed by atoms with Crippen molar-refractivity contribution in [1.82, 2.24) is 5.32 Å². The van der Waals surface area contributed by atoms with Crippen molar-refractivity contribution in [2.45, 2.75) is 25.4 Å². The third kappa shape index (κ3) is 5.62. The molecule has 1 atom stereocenters. The number of rotatable bonds is 5. The third-order valence-corrected chi connectivity index (χ3v) is 13.7. The fourth-order valence-electron chi connectivity index (χ4n) is 10.6. The fourth-order valence-corrected chi connectivity index (χ4v) is 10.6. The van der Waals surface area contributed by atoms with Crippen molar-refractivity contribution < 1.29 is 4.42 Å². The molecule has 0 radical (unpaired) electrons. The van der Waals surface area contributed by atoms with E-state index < -0.39 is 0 Å². The highest BCUT2D eigenvalue weighted by Gasteiger charge is 2.36. The molecular weight excluding hydrogens is 779 g/mol. The Morgan fingerprint density at radius 1 is 0.422 bits per heavy atom. The van der Waals surface area contributed by atoms with Gasteiger partial charge >= 0.3 is 0 Å². The van der Waals surface area contributed by atoms with E-state index in [-0.39, 0.29) is 11.6 Å². The first-order chi connectivity index (χ1) is 31.5. The largest absolute Gasteiger partial charge is 0.456 e. The topological polar surface area (TPSA) is 49.9 Å². The number of furan rings is 1. The van der Waals surface area contributed by atoms with Crippen molar-refractivity contribution in [3.63, 3.8) is 0 Å². The minimum absolute atomic E-state index is 0.0673.